The number of aliphatic imine (C=N–C) groups is 2. The molecule has 6 heterocycles. The van der Waals surface area contributed by atoms with Crippen LogP contribution in [0.1, 0.15) is 91.4 Å². The first-order chi connectivity index (χ1) is 28.4. The molecule has 2 amide bonds. The molecule has 2 aliphatic rings. The number of benzene rings is 2. The van der Waals surface area contributed by atoms with Gasteiger partial charge in [-0.25, -0.2) is 0 Å². The maximum Gasteiger partial charge on any atom is 0.222 e. The molecule has 2 aromatic carbocycles. The molecule has 2 aliphatic heterocycles. The van der Waals surface area contributed by atoms with E-state index in [-0.39, 0.29) is 51.0 Å². The summed E-state index contributed by atoms with van der Waals surface area (Å²) in [6.45, 7) is 13.3. The van der Waals surface area contributed by atoms with Crippen molar-refractivity contribution < 1.29 is 14.3 Å². The number of hydrogen-bond acceptors (Lipinski definition) is 11. The van der Waals surface area contributed by atoms with Crippen LogP contribution in [0, 0.1) is 41.5 Å². The number of aryl methyl sites for hydroxylation is 4. The van der Waals surface area contributed by atoms with Gasteiger partial charge in [0.05, 0.1) is 37.5 Å². The molecule has 4 aromatic heterocycles. The average Bonchev–Trinajstić information content (AvgIpc) is 3.90. The minimum atomic E-state index is -0.574. The molecule has 0 radical (unpaired) electrons. The zero-order valence-electron chi connectivity index (χ0n) is 33.4. The van der Waals surface area contributed by atoms with E-state index in [2.05, 4.69) is 58.7 Å². The van der Waals surface area contributed by atoms with Crippen LogP contribution in [0.15, 0.2) is 58.5 Å². The number of rotatable bonds is 12. The maximum absolute atomic E-state index is 13.4. The van der Waals surface area contributed by atoms with Crippen molar-refractivity contribution in [3.8, 4) is 10.0 Å². The Labute approximate surface area is 359 Å². The van der Waals surface area contributed by atoms with Gasteiger partial charge in [0.15, 0.2) is 11.6 Å². The van der Waals surface area contributed by atoms with E-state index in [9.17, 15) is 9.59 Å². The van der Waals surface area contributed by atoms with Crippen LogP contribution in [-0.4, -0.2) is 79.1 Å². The Balaban J connectivity index is 0.877. The zero-order valence-corrected chi connectivity index (χ0v) is 36.5. The summed E-state index contributed by atoms with van der Waals surface area (Å²) < 4.78 is 9.85. The lowest BCUT2D eigenvalue weighted by Crippen LogP contribution is -2.31. The summed E-state index contributed by atoms with van der Waals surface area (Å²) in [4.78, 5) is 39.4. The first-order valence-corrected chi connectivity index (χ1v) is 21.6. The molecule has 2 N–H and O–H groups in total. The Morgan fingerprint density at radius 3 is 1.41 bits per heavy atom. The first-order valence-electron chi connectivity index (χ1n) is 19.2. The Hall–Kier alpha value is -5.06. The topological polar surface area (TPSA) is 154 Å². The van der Waals surface area contributed by atoms with Crippen LogP contribution in [0.25, 0.3) is 10.0 Å². The van der Waals surface area contributed by atoms with Crippen molar-refractivity contribution in [1.82, 2.24) is 40.2 Å². The number of halogens is 2. The van der Waals surface area contributed by atoms with Gasteiger partial charge in [-0.2, -0.15) is 0 Å². The van der Waals surface area contributed by atoms with E-state index < -0.39 is 12.1 Å². The SMILES string of the molecule is Cc1sc2c(c1C)C(c1ccc(Cl)cc1)=N[C@@H](CC(=O)NCCOCCNC(=O)C[C@@H]1N=C(c3ccc(Cl)cc3)c3c(sc(C)c3C)-n3c(C)nnc31)c1nnc(C)n1-2. The number of carbonyl (C=O) groups excluding carboxylic acids is 2. The number of carbonyl (C=O) groups is 2. The van der Waals surface area contributed by atoms with Gasteiger partial charge in [-0.1, -0.05) is 47.5 Å². The summed E-state index contributed by atoms with van der Waals surface area (Å²) in [7, 11) is 0. The molecule has 0 aliphatic carbocycles. The highest BCUT2D eigenvalue weighted by molar-refractivity contribution is 7.15. The number of amides is 2. The molecule has 304 valence electrons. The number of nitrogens with one attached hydrogen (secondary N) is 2. The molecule has 13 nitrogen and oxygen atoms in total. The molecular weight excluding hydrogens is 828 g/mol. The fourth-order valence-electron chi connectivity index (χ4n) is 7.39. The van der Waals surface area contributed by atoms with Gasteiger partial charge in [0.1, 0.15) is 33.7 Å². The van der Waals surface area contributed by atoms with Crippen molar-refractivity contribution in [1.29, 1.82) is 0 Å². The number of fused-ring (bicyclic) bond motifs is 6. The molecule has 17 heteroatoms. The van der Waals surface area contributed by atoms with E-state index in [1.165, 1.54) is 9.75 Å². The average molecular weight is 870 g/mol. The maximum atomic E-state index is 13.4. The largest absolute Gasteiger partial charge is 0.378 e. The van der Waals surface area contributed by atoms with Crippen LogP contribution < -0.4 is 10.6 Å². The summed E-state index contributed by atoms with van der Waals surface area (Å²) in [6, 6.07) is 14.0. The van der Waals surface area contributed by atoms with E-state index in [0.717, 1.165) is 66.5 Å². The second kappa shape index (κ2) is 16.9. The van der Waals surface area contributed by atoms with Gasteiger partial charge in [0, 0.05) is 55.1 Å². The molecule has 0 saturated carbocycles. The number of nitrogens with zero attached hydrogens (tertiary/aromatic N) is 8. The van der Waals surface area contributed by atoms with Crippen LogP contribution in [-0.2, 0) is 14.3 Å². The van der Waals surface area contributed by atoms with Gasteiger partial charge in [-0.3, -0.25) is 28.7 Å². The monoisotopic (exact) mass is 868 g/mol. The van der Waals surface area contributed by atoms with Gasteiger partial charge >= 0.3 is 0 Å². The molecule has 0 bridgehead atoms. The lowest BCUT2D eigenvalue weighted by atomic mass is 9.99. The highest BCUT2D eigenvalue weighted by atomic mass is 35.5. The van der Waals surface area contributed by atoms with Gasteiger partial charge in [-0.05, 0) is 76.9 Å². The summed E-state index contributed by atoms with van der Waals surface area (Å²) in [5, 5.41) is 26.9. The van der Waals surface area contributed by atoms with E-state index in [1.807, 2.05) is 71.5 Å². The van der Waals surface area contributed by atoms with E-state index in [1.54, 1.807) is 22.7 Å². The Morgan fingerprint density at radius 2 is 1.02 bits per heavy atom. The molecule has 0 saturated heterocycles. The standard InChI is InChI=1S/C42H42Cl2N10O3S2/c1-21-23(3)58-41-35(21)37(27-7-11-29(43)12-8-27)47-31(39-51-49-25(5)53(39)41)19-33(55)45-15-17-57-18-16-46-34(56)20-32-40-52-50-26(6)54(40)42-36(22(2)24(4)59-42)38(48-32)28-9-13-30(44)14-10-28/h7-14,31-32H,15-20H2,1-6H3,(H,45,55)(H,46,56)/t31-,32-/m0/s1. The van der Waals surface area contributed by atoms with Gasteiger partial charge in [0.25, 0.3) is 0 Å². The van der Waals surface area contributed by atoms with Gasteiger partial charge in [0.2, 0.25) is 11.8 Å². The Morgan fingerprint density at radius 1 is 0.627 bits per heavy atom. The highest BCUT2D eigenvalue weighted by Gasteiger charge is 2.34. The minimum Gasteiger partial charge on any atom is -0.378 e. The van der Waals surface area contributed by atoms with Crippen LogP contribution >= 0.6 is 45.9 Å². The van der Waals surface area contributed by atoms with Crippen LogP contribution in [0.4, 0.5) is 0 Å². The predicted molar refractivity (Wildman–Crippen MR) is 233 cm³/mol. The molecule has 0 unspecified atom stereocenters. The highest BCUT2D eigenvalue weighted by Crippen LogP contribution is 2.41. The molecular formula is C42H42Cl2N10O3S2. The zero-order chi connectivity index (χ0) is 41.5. The predicted octanol–water partition coefficient (Wildman–Crippen LogP) is 7.64. The lowest BCUT2D eigenvalue weighted by Gasteiger charge is -2.14. The van der Waals surface area contributed by atoms with Gasteiger partial charge < -0.3 is 15.4 Å². The lowest BCUT2D eigenvalue weighted by molar-refractivity contribution is -0.122. The quantitative estimate of drug-likeness (QED) is 0.120. The summed E-state index contributed by atoms with van der Waals surface area (Å²) in [5.74, 6) is 2.30. The number of ether oxygens (including phenoxy) is 1. The second-order valence-electron chi connectivity index (χ2n) is 14.5. The number of hydrogen-bond donors (Lipinski definition) is 2. The van der Waals surface area contributed by atoms with Crippen LogP contribution in [0.5, 0.6) is 0 Å². The van der Waals surface area contributed by atoms with E-state index >= 15 is 0 Å². The molecule has 0 spiro atoms. The van der Waals surface area contributed by atoms with Crippen molar-refractivity contribution in [2.75, 3.05) is 26.3 Å². The minimum absolute atomic E-state index is 0.0710. The first kappa shape index (κ1) is 40.7. The third kappa shape index (κ3) is 8.01. The normalized spacial score (nSPS) is 15.6. The van der Waals surface area contributed by atoms with Crippen LogP contribution in [0.2, 0.25) is 10.0 Å². The molecule has 59 heavy (non-hydrogen) atoms. The molecule has 6 aromatic rings. The Bertz CT molecular complexity index is 2460. The van der Waals surface area contributed by atoms with Crippen molar-refractivity contribution in [3.05, 3.63) is 125 Å². The molecule has 2 atom stereocenters. The molecule has 0 fully saturated rings. The van der Waals surface area contributed by atoms with Gasteiger partial charge in [-0.15, -0.1) is 43.1 Å². The summed E-state index contributed by atoms with van der Waals surface area (Å²) >= 11 is 15.8. The summed E-state index contributed by atoms with van der Waals surface area (Å²) in [5.41, 5.74) is 7.65. The third-order valence-electron chi connectivity index (χ3n) is 10.6. The van der Waals surface area contributed by atoms with Crippen molar-refractivity contribution >= 4 is 69.1 Å². The van der Waals surface area contributed by atoms with E-state index in [0.29, 0.717) is 21.7 Å². The summed E-state index contributed by atoms with van der Waals surface area (Å²) in [6.07, 6.45) is 0.142. The van der Waals surface area contributed by atoms with Crippen molar-refractivity contribution in [2.45, 2.75) is 66.5 Å². The fourth-order valence-corrected chi connectivity index (χ4v) is 10.1. The van der Waals surface area contributed by atoms with Crippen molar-refractivity contribution in [2.24, 2.45) is 9.98 Å². The molecule has 8 rings (SSSR count). The van der Waals surface area contributed by atoms with Crippen molar-refractivity contribution in [3.63, 3.8) is 0 Å². The Kier molecular flexibility index (Phi) is 11.7. The van der Waals surface area contributed by atoms with Crippen LogP contribution in [0.3, 0.4) is 0 Å². The second-order valence-corrected chi connectivity index (χ2v) is 17.8. The third-order valence-corrected chi connectivity index (χ3v) is 13.5. The van der Waals surface area contributed by atoms with E-state index in [4.69, 9.17) is 37.9 Å². The number of thiophene rings is 2. The number of aromatic nitrogens is 6. The fraction of sp³-hybridized carbons (Fsp3) is 0.333. The smallest absolute Gasteiger partial charge is 0.222 e.